The molecule has 2 aromatic rings. The van der Waals surface area contributed by atoms with Crippen LogP contribution >= 0.6 is 0 Å². The third-order valence-electron chi connectivity index (χ3n) is 7.16. The molecule has 4 unspecified atom stereocenters. The molecule has 2 aliphatic rings. The van der Waals surface area contributed by atoms with Crippen molar-refractivity contribution in [3.8, 4) is 0 Å². The number of anilines is 1. The molecule has 1 saturated heterocycles. The Morgan fingerprint density at radius 2 is 1.69 bits per heavy atom. The molecule has 1 aliphatic heterocycles. The van der Waals surface area contributed by atoms with Gasteiger partial charge >= 0.3 is 12.1 Å². The first-order valence-electron chi connectivity index (χ1n) is 11.7. The summed E-state index contributed by atoms with van der Waals surface area (Å²) in [5.41, 5.74) is 1.21. The quantitative estimate of drug-likeness (QED) is 0.567. The zero-order valence-corrected chi connectivity index (χ0v) is 20.9. The second kappa shape index (κ2) is 9.55. The summed E-state index contributed by atoms with van der Waals surface area (Å²) in [4.78, 5) is 15.5. The largest absolute Gasteiger partial charge is 0.481 e. The fraction of sp³-hybridized carbons (Fsp3) is 0.423. The first-order chi connectivity index (χ1) is 16.8. The summed E-state index contributed by atoms with van der Waals surface area (Å²) >= 11 is 0. The zero-order valence-electron chi connectivity index (χ0n) is 20.1. The van der Waals surface area contributed by atoms with E-state index in [4.69, 9.17) is 0 Å². The average molecular weight is 523 g/mol. The van der Waals surface area contributed by atoms with Crippen molar-refractivity contribution in [1.82, 2.24) is 4.90 Å². The smallest absolute Gasteiger partial charge is 0.416 e. The number of sulfone groups is 1. The van der Waals surface area contributed by atoms with Crippen molar-refractivity contribution in [3.63, 3.8) is 0 Å². The van der Waals surface area contributed by atoms with Gasteiger partial charge in [-0.05, 0) is 68.1 Å². The number of carboxylic acids is 1. The number of rotatable bonds is 6. The number of carboxylic acid groups (broad SMARTS) is 1. The van der Waals surface area contributed by atoms with E-state index in [0.717, 1.165) is 17.7 Å². The number of hydrogen-bond acceptors (Lipinski definition) is 5. The lowest BCUT2D eigenvalue weighted by molar-refractivity contribution is -0.141. The molecule has 4 atom stereocenters. The van der Waals surface area contributed by atoms with Crippen molar-refractivity contribution in [2.75, 3.05) is 18.0 Å². The molecule has 0 spiro atoms. The normalized spacial score (nSPS) is 23.8. The van der Waals surface area contributed by atoms with Gasteiger partial charge in [-0.3, -0.25) is 9.69 Å². The number of nitrogens with zero attached hydrogens (tertiary/aromatic N) is 2. The molecule has 1 N–H and O–H groups in total. The number of carbonyl (C=O) groups is 1. The Bertz CT molecular complexity index is 1250. The number of halogens is 3. The molecule has 2 aromatic carbocycles. The van der Waals surface area contributed by atoms with Crippen LogP contribution in [0.3, 0.4) is 0 Å². The highest BCUT2D eigenvalue weighted by molar-refractivity contribution is 7.92. The molecule has 0 amide bonds. The zero-order chi connectivity index (χ0) is 26.4. The van der Waals surface area contributed by atoms with Gasteiger partial charge < -0.3 is 10.0 Å². The van der Waals surface area contributed by atoms with Gasteiger partial charge in [-0.25, -0.2) is 8.42 Å². The lowest BCUT2D eigenvalue weighted by atomic mass is 10.1. The predicted molar refractivity (Wildman–Crippen MR) is 131 cm³/mol. The van der Waals surface area contributed by atoms with Gasteiger partial charge in [0.2, 0.25) is 0 Å². The molecule has 0 bridgehead atoms. The fourth-order valence-electron chi connectivity index (χ4n) is 5.51. The minimum atomic E-state index is -4.41. The maximum Gasteiger partial charge on any atom is 0.416 e. The Labute approximate surface area is 208 Å². The van der Waals surface area contributed by atoms with Crippen LogP contribution in [0.25, 0.3) is 0 Å². The van der Waals surface area contributed by atoms with Crippen molar-refractivity contribution in [3.05, 3.63) is 71.8 Å². The second-order valence-electron chi connectivity index (χ2n) is 9.60. The van der Waals surface area contributed by atoms with E-state index >= 15 is 0 Å². The summed E-state index contributed by atoms with van der Waals surface area (Å²) in [6, 6.07) is 9.41. The minimum Gasteiger partial charge on any atom is -0.481 e. The van der Waals surface area contributed by atoms with Gasteiger partial charge in [-0.2, -0.15) is 13.2 Å². The van der Waals surface area contributed by atoms with E-state index < -0.39 is 38.8 Å². The molecule has 0 radical (unpaired) electrons. The first-order valence-corrected chi connectivity index (χ1v) is 13.3. The number of hydrogen-bond donors (Lipinski definition) is 1. The van der Waals surface area contributed by atoms with Gasteiger partial charge in [-0.15, -0.1) is 6.58 Å². The van der Waals surface area contributed by atoms with Crippen LogP contribution in [0.15, 0.2) is 60.0 Å². The van der Waals surface area contributed by atoms with Crippen molar-refractivity contribution in [2.45, 2.75) is 55.2 Å². The Morgan fingerprint density at radius 3 is 2.22 bits per heavy atom. The number of piperazine rings is 1. The summed E-state index contributed by atoms with van der Waals surface area (Å²) in [5.74, 6) is -1.60. The van der Waals surface area contributed by atoms with E-state index in [0.29, 0.717) is 30.8 Å². The summed E-state index contributed by atoms with van der Waals surface area (Å²) in [7, 11) is -3.92. The van der Waals surface area contributed by atoms with Crippen molar-refractivity contribution in [2.24, 2.45) is 5.92 Å². The van der Waals surface area contributed by atoms with E-state index in [-0.39, 0.29) is 23.4 Å². The van der Waals surface area contributed by atoms with Gasteiger partial charge in [0, 0.05) is 30.9 Å². The molecule has 1 aliphatic carbocycles. The summed E-state index contributed by atoms with van der Waals surface area (Å²) in [6.45, 7) is 8.42. The van der Waals surface area contributed by atoms with Gasteiger partial charge in [0.1, 0.15) is 5.37 Å². The highest BCUT2D eigenvalue weighted by Gasteiger charge is 2.42. The molecule has 1 fully saturated rings. The number of alkyl halides is 3. The van der Waals surface area contributed by atoms with Crippen LogP contribution in [0.4, 0.5) is 18.9 Å². The number of fused-ring (bicyclic) bond motifs is 1. The summed E-state index contributed by atoms with van der Waals surface area (Å²) in [5, 5.41) is 8.41. The lowest BCUT2D eigenvalue weighted by Gasteiger charge is -2.47. The third kappa shape index (κ3) is 4.76. The molecule has 1 heterocycles. The van der Waals surface area contributed by atoms with Gasteiger partial charge in [0.25, 0.3) is 0 Å². The Balaban J connectivity index is 1.59. The van der Waals surface area contributed by atoms with Crippen molar-refractivity contribution >= 4 is 21.5 Å². The van der Waals surface area contributed by atoms with Crippen LogP contribution in [-0.4, -0.2) is 54.9 Å². The highest BCUT2D eigenvalue weighted by atomic mass is 32.2. The number of aliphatic carboxylic acids is 1. The minimum absolute atomic E-state index is 0.137. The van der Waals surface area contributed by atoms with E-state index in [9.17, 15) is 31.5 Å². The molecular formula is C26H29F3N2O4S. The van der Waals surface area contributed by atoms with Crippen LogP contribution in [0, 0.1) is 5.92 Å². The Kier molecular flexibility index (Phi) is 6.96. The lowest BCUT2D eigenvalue weighted by Crippen LogP contribution is -2.61. The van der Waals surface area contributed by atoms with E-state index in [1.807, 2.05) is 23.6 Å². The van der Waals surface area contributed by atoms with E-state index in [1.54, 1.807) is 12.1 Å². The molecule has 194 valence electrons. The van der Waals surface area contributed by atoms with Crippen LogP contribution in [0.2, 0.25) is 0 Å². The molecule has 6 nitrogen and oxygen atoms in total. The van der Waals surface area contributed by atoms with Crippen LogP contribution < -0.4 is 4.90 Å². The predicted octanol–water partition coefficient (Wildman–Crippen LogP) is 4.39. The molecule has 0 saturated carbocycles. The first kappa shape index (κ1) is 26.2. The van der Waals surface area contributed by atoms with E-state index in [1.165, 1.54) is 24.3 Å². The van der Waals surface area contributed by atoms with E-state index in [2.05, 4.69) is 6.58 Å². The second-order valence-corrected chi connectivity index (χ2v) is 11.6. The fourth-order valence-corrected chi connectivity index (χ4v) is 7.58. The average Bonchev–Trinajstić information content (AvgIpc) is 3.25. The maximum atomic E-state index is 13.9. The standard InChI is InChI=1S/C26H29F3N2O4S/c1-4-24(36(34,35)23-7-5-6-18-12-19(25(32)33)13-22(18)23)31-16(2)14-30(15-17(31)3)21-10-8-20(9-11-21)26(27,28)29/h4-11,16-17,19,24H,1,12-15H2,2-3H3,(H,32,33). The van der Waals surface area contributed by atoms with Gasteiger partial charge in [-0.1, -0.05) is 18.2 Å². The SMILES string of the molecule is C=CC(N1C(C)CN(c2ccc(C(F)(F)F)cc2)CC1C)S(=O)(=O)c1cccc2c1CC(C(=O)O)C2. The molecular weight excluding hydrogens is 493 g/mol. The monoisotopic (exact) mass is 522 g/mol. The Morgan fingerprint density at radius 1 is 1.08 bits per heavy atom. The van der Waals surface area contributed by atoms with Crippen LogP contribution in [0.1, 0.15) is 30.5 Å². The van der Waals surface area contributed by atoms with Gasteiger partial charge in [0.05, 0.1) is 16.4 Å². The highest BCUT2D eigenvalue weighted by Crippen LogP contribution is 2.36. The number of benzene rings is 2. The molecule has 4 rings (SSSR count). The third-order valence-corrected chi connectivity index (χ3v) is 9.23. The Hall–Kier alpha value is -2.85. The van der Waals surface area contributed by atoms with Gasteiger partial charge in [0.15, 0.2) is 9.84 Å². The summed E-state index contributed by atoms with van der Waals surface area (Å²) in [6.07, 6.45) is -2.55. The topological polar surface area (TPSA) is 77.9 Å². The molecule has 36 heavy (non-hydrogen) atoms. The van der Waals surface area contributed by atoms with Crippen molar-refractivity contribution in [1.29, 1.82) is 0 Å². The van der Waals surface area contributed by atoms with Crippen molar-refractivity contribution < 1.29 is 31.5 Å². The van der Waals surface area contributed by atoms with Crippen LogP contribution in [-0.2, 0) is 33.6 Å². The van der Waals surface area contributed by atoms with Crippen LogP contribution in [0.5, 0.6) is 0 Å². The molecule has 10 heteroatoms. The molecule has 0 aromatic heterocycles. The summed E-state index contributed by atoms with van der Waals surface area (Å²) < 4.78 is 66.6. The maximum absolute atomic E-state index is 13.9.